The number of nitrogens with zero attached hydrogens (tertiary/aromatic N) is 1. The third-order valence-corrected chi connectivity index (χ3v) is 3.04. The number of benzene rings is 1. The lowest BCUT2D eigenvalue weighted by atomic mass is 10.1. The van der Waals surface area contributed by atoms with E-state index in [1.165, 1.54) is 7.05 Å². The van der Waals surface area contributed by atoms with Crippen LogP contribution in [0.2, 0.25) is 5.02 Å². The molecule has 0 spiro atoms. The smallest absolute Gasteiger partial charge is 0.364 e. The van der Waals surface area contributed by atoms with Crippen molar-refractivity contribution in [3.63, 3.8) is 0 Å². The number of rotatable bonds is 6. The molecule has 0 bridgehead atoms. The van der Waals surface area contributed by atoms with E-state index in [2.05, 4.69) is 19.2 Å². The Labute approximate surface area is 122 Å². The third kappa shape index (κ3) is 5.59. The van der Waals surface area contributed by atoms with Gasteiger partial charge in [-0.3, -0.25) is 0 Å². The Morgan fingerprint density at radius 2 is 1.95 bits per heavy atom. The summed E-state index contributed by atoms with van der Waals surface area (Å²) in [6.07, 6.45) is -4.25. The van der Waals surface area contributed by atoms with Gasteiger partial charge in [-0.2, -0.15) is 13.2 Å². The van der Waals surface area contributed by atoms with Gasteiger partial charge < -0.3 is 10.2 Å². The van der Waals surface area contributed by atoms with E-state index in [1.54, 1.807) is 18.2 Å². The Morgan fingerprint density at radius 1 is 1.30 bits per heavy atom. The van der Waals surface area contributed by atoms with Gasteiger partial charge in [0, 0.05) is 13.6 Å². The Balaban J connectivity index is 2.87. The van der Waals surface area contributed by atoms with Gasteiger partial charge in [-0.05, 0) is 24.1 Å². The van der Waals surface area contributed by atoms with Gasteiger partial charge in [0.15, 0.2) is 0 Å². The Bertz CT molecular complexity index is 433. The Hall–Kier alpha value is -0.940. The van der Waals surface area contributed by atoms with E-state index in [0.29, 0.717) is 23.2 Å². The minimum atomic E-state index is -4.25. The molecule has 0 radical (unpaired) electrons. The number of hydrogen-bond donors (Lipinski definition) is 1. The van der Waals surface area contributed by atoms with Crippen LogP contribution in [-0.2, 0) is 6.54 Å². The molecule has 0 aromatic heterocycles. The van der Waals surface area contributed by atoms with Gasteiger partial charge in [-0.25, -0.2) is 0 Å². The van der Waals surface area contributed by atoms with Crippen LogP contribution in [0.25, 0.3) is 0 Å². The summed E-state index contributed by atoms with van der Waals surface area (Å²) in [5.41, 5.74) is 1.20. The zero-order valence-corrected chi connectivity index (χ0v) is 12.6. The minimum absolute atomic E-state index is 0.334. The molecule has 1 rings (SSSR count). The molecule has 0 amide bonds. The molecule has 1 aromatic rings. The SMILES string of the molecule is CC(C)CNCc1cccc(Cl)c1N(C)CC(F)(F)F. The van der Waals surface area contributed by atoms with E-state index in [-0.39, 0.29) is 0 Å². The van der Waals surface area contributed by atoms with Crippen LogP contribution in [0.3, 0.4) is 0 Å². The van der Waals surface area contributed by atoms with Crippen LogP contribution in [0.5, 0.6) is 0 Å². The van der Waals surface area contributed by atoms with Crippen LogP contribution in [0.1, 0.15) is 19.4 Å². The lowest BCUT2D eigenvalue weighted by Crippen LogP contribution is -2.32. The van der Waals surface area contributed by atoms with Crippen molar-refractivity contribution in [1.29, 1.82) is 0 Å². The molecule has 20 heavy (non-hydrogen) atoms. The molecule has 0 aliphatic carbocycles. The molecular weight excluding hydrogens is 289 g/mol. The van der Waals surface area contributed by atoms with Crippen LogP contribution in [0.15, 0.2) is 18.2 Å². The third-order valence-electron chi connectivity index (χ3n) is 2.74. The second-order valence-electron chi connectivity index (χ2n) is 5.24. The lowest BCUT2D eigenvalue weighted by molar-refractivity contribution is -0.119. The summed E-state index contributed by atoms with van der Waals surface area (Å²) in [4.78, 5) is 1.15. The average molecular weight is 309 g/mol. The van der Waals surface area contributed by atoms with Crippen molar-refractivity contribution < 1.29 is 13.2 Å². The summed E-state index contributed by atoms with van der Waals surface area (Å²) >= 11 is 6.06. The molecule has 2 nitrogen and oxygen atoms in total. The van der Waals surface area contributed by atoms with Gasteiger partial charge in [0.1, 0.15) is 6.54 Å². The second-order valence-corrected chi connectivity index (χ2v) is 5.65. The molecule has 114 valence electrons. The van der Waals surface area contributed by atoms with Crippen molar-refractivity contribution in [1.82, 2.24) is 5.32 Å². The van der Waals surface area contributed by atoms with Gasteiger partial charge in [-0.1, -0.05) is 37.6 Å². The van der Waals surface area contributed by atoms with E-state index in [4.69, 9.17) is 11.6 Å². The van der Waals surface area contributed by atoms with Crippen LogP contribution in [-0.4, -0.2) is 26.3 Å². The predicted molar refractivity (Wildman–Crippen MR) is 77.3 cm³/mol. The second kappa shape index (κ2) is 7.18. The van der Waals surface area contributed by atoms with Crippen molar-refractivity contribution in [3.05, 3.63) is 28.8 Å². The monoisotopic (exact) mass is 308 g/mol. The summed E-state index contributed by atoms with van der Waals surface area (Å²) in [5, 5.41) is 3.55. The van der Waals surface area contributed by atoms with Gasteiger partial charge >= 0.3 is 6.18 Å². The molecule has 1 aromatic carbocycles. The van der Waals surface area contributed by atoms with E-state index in [9.17, 15) is 13.2 Å². The van der Waals surface area contributed by atoms with E-state index < -0.39 is 12.7 Å². The maximum atomic E-state index is 12.5. The first-order valence-electron chi connectivity index (χ1n) is 6.46. The first kappa shape index (κ1) is 17.1. The highest BCUT2D eigenvalue weighted by Crippen LogP contribution is 2.31. The van der Waals surface area contributed by atoms with Crippen LogP contribution >= 0.6 is 11.6 Å². The highest BCUT2D eigenvalue weighted by molar-refractivity contribution is 6.33. The molecule has 6 heteroatoms. The summed E-state index contributed by atoms with van der Waals surface area (Å²) in [5.74, 6) is 0.477. The van der Waals surface area contributed by atoms with Crippen LogP contribution < -0.4 is 10.2 Å². The summed E-state index contributed by atoms with van der Waals surface area (Å²) in [6, 6.07) is 5.15. The molecule has 0 saturated heterocycles. The van der Waals surface area contributed by atoms with Gasteiger partial charge in [0.2, 0.25) is 0 Å². The number of anilines is 1. The molecule has 0 aliphatic rings. The number of nitrogens with one attached hydrogen (secondary N) is 1. The van der Waals surface area contributed by atoms with Crippen LogP contribution in [0, 0.1) is 5.92 Å². The summed E-state index contributed by atoms with van der Waals surface area (Å²) in [7, 11) is 1.40. The number of alkyl halides is 3. The predicted octanol–water partition coefficient (Wildman–Crippen LogP) is 4.08. The van der Waals surface area contributed by atoms with Crippen molar-refractivity contribution in [2.24, 2.45) is 5.92 Å². The molecule has 1 N–H and O–H groups in total. The largest absolute Gasteiger partial charge is 0.405 e. The molecule has 0 saturated carbocycles. The van der Waals surface area contributed by atoms with Crippen LogP contribution in [0.4, 0.5) is 18.9 Å². The van der Waals surface area contributed by atoms with E-state index in [0.717, 1.165) is 17.0 Å². The maximum absolute atomic E-state index is 12.5. The number of para-hydroxylation sites is 1. The maximum Gasteiger partial charge on any atom is 0.405 e. The molecule has 0 fully saturated rings. The van der Waals surface area contributed by atoms with Gasteiger partial charge in [-0.15, -0.1) is 0 Å². The molecule has 0 unspecified atom stereocenters. The first-order chi connectivity index (χ1) is 9.20. The lowest BCUT2D eigenvalue weighted by Gasteiger charge is -2.25. The standard InChI is InChI=1S/C14H20ClF3N2/c1-10(2)7-19-8-11-5-4-6-12(15)13(11)20(3)9-14(16,17)18/h4-6,10,19H,7-9H2,1-3H3. The minimum Gasteiger partial charge on any atom is -0.364 e. The number of halogens is 4. The highest BCUT2D eigenvalue weighted by atomic mass is 35.5. The zero-order valence-electron chi connectivity index (χ0n) is 11.9. The quantitative estimate of drug-likeness (QED) is 0.851. The Kier molecular flexibility index (Phi) is 6.14. The molecular formula is C14H20ClF3N2. The molecule has 0 atom stereocenters. The fourth-order valence-electron chi connectivity index (χ4n) is 1.97. The fraction of sp³-hybridized carbons (Fsp3) is 0.571. The van der Waals surface area contributed by atoms with Gasteiger partial charge in [0.25, 0.3) is 0 Å². The number of hydrogen-bond acceptors (Lipinski definition) is 2. The Morgan fingerprint density at radius 3 is 2.50 bits per heavy atom. The van der Waals surface area contributed by atoms with Crippen molar-refractivity contribution in [2.75, 3.05) is 25.0 Å². The van der Waals surface area contributed by atoms with E-state index in [1.807, 2.05) is 0 Å². The highest BCUT2D eigenvalue weighted by Gasteiger charge is 2.30. The van der Waals surface area contributed by atoms with Crippen molar-refractivity contribution in [2.45, 2.75) is 26.6 Å². The van der Waals surface area contributed by atoms with Crippen molar-refractivity contribution >= 4 is 17.3 Å². The fourth-order valence-corrected chi connectivity index (χ4v) is 2.31. The summed E-state index contributed by atoms with van der Waals surface area (Å²) < 4.78 is 37.5. The zero-order chi connectivity index (χ0) is 15.3. The average Bonchev–Trinajstić information content (AvgIpc) is 2.25. The summed E-state index contributed by atoms with van der Waals surface area (Å²) in [6.45, 7) is 4.42. The molecule has 0 heterocycles. The molecule has 0 aliphatic heterocycles. The first-order valence-corrected chi connectivity index (χ1v) is 6.84. The van der Waals surface area contributed by atoms with Crippen molar-refractivity contribution in [3.8, 4) is 0 Å². The van der Waals surface area contributed by atoms with E-state index >= 15 is 0 Å². The normalized spacial score (nSPS) is 12.0. The van der Waals surface area contributed by atoms with Gasteiger partial charge in [0.05, 0.1) is 10.7 Å². The topological polar surface area (TPSA) is 15.3 Å².